The van der Waals surface area contributed by atoms with Crippen LogP contribution in [0.2, 0.25) is 0 Å². The lowest BCUT2D eigenvalue weighted by Gasteiger charge is -2.27. The number of hydrogen-bond acceptors (Lipinski definition) is 2. The topological polar surface area (TPSA) is 66.4 Å². The fourth-order valence-corrected chi connectivity index (χ4v) is 2.95. The van der Waals surface area contributed by atoms with Crippen LogP contribution in [0.4, 0.5) is 0 Å². The fourth-order valence-electron chi connectivity index (χ4n) is 2.95. The molecule has 22 heavy (non-hydrogen) atoms. The highest BCUT2D eigenvalue weighted by Crippen LogP contribution is 2.29. The van der Waals surface area contributed by atoms with Crippen LogP contribution in [0.3, 0.4) is 0 Å². The molecule has 4 heteroatoms. The van der Waals surface area contributed by atoms with Gasteiger partial charge in [0.25, 0.3) is 0 Å². The Balaban J connectivity index is 1.95. The Morgan fingerprint density at radius 2 is 1.77 bits per heavy atom. The predicted octanol–water partition coefficient (Wildman–Crippen LogP) is 2.76. The fraction of sp³-hybridized carbons (Fsp3) is 0.444. The first-order valence-corrected chi connectivity index (χ1v) is 7.63. The van der Waals surface area contributed by atoms with Crippen LogP contribution in [-0.4, -0.2) is 17.0 Å². The summed E-state index contributed by atoms with van der Waals surface area (Å²) < 4.78 is 0. The number of benzene rings is 1. The van der Waals surface area contributed by atoms with Crippen molar-refractivity contribution in [1.82, 2.24) is 5.32 Å². The zero-order valence-electron chi connectivity index (χ0n) is 12.5. The molecule has 1 aromatic rings. The van der Waals surface area contributed by atoms with Crippen LogP contribution in [-0.2, 0) is 9.59 Å². The van der Waals surface area contributed by atoms with Crippen molar-refractivity contribution in [1.29, 1.82) is 0 Å². The van der Waals surface area contributed by atoms with E-state index in [1.807, 2.05) is 30.3 Å². The first-order valence-electron chi connectivity index (χ1n) is 7.63. The lowest BCUT2D eigenvalue weighted by molar-refractivity contribution is -0.144. The van der Waals surface area contributed by atoms with Crippen molar-refractivity contribution >= 4 is 11.9 Å². The third-order valence-corrected chi connectivity index (χ3v) is 4.29. The minimum atomic E-state index is -0.756. The van der Waals surface area contributed by atoms with Crippen molar-refractivity contribution in [3.05, 3.63) is 35.9 Å². The number of terminal acetylenes is 1. The van der Waals surface area contributed by atoms with E-state index >= 15 is 0 Å². The third-order valence-electron chi connectivity index (χ3n) is 4.29. The van der Waals surface area contributed by atoms with Crippen LogP contribution >= 0.6 is 0 Å². The minimum absolute atomic E-state index is 0.0204. The number of hydrogen-bond donors (Lipinski definition) is 2. The first kappa shape index (κ1) is 16.1. The van der Waals surface area contributed by atoms with Crippen molar-refractivity contribution in [2.75, 3.05) is 0 Å². The Kier molecular flexibility index (Phi) is 5.60. The molecule has 1 amide bonds. The molecule has 0 saturated heterocycles. The second-order valence-corrected chi connectivity index (χ2v) is 5.77. The van der Waals surface area contributed by atoms with E-state index in [0.717, 1.165) is 5.56 Å². The van der Waals surface area contributed by atoms with Gasteiger partial charge in [-0.2, -0.15) is 0 Å². The summed E-state index contributed by atoms with van der Waals surface area (Å²) in [6, 6.07) is 9.47. The summed E-state index contributed by atoms with van der Waals surface area (Å²) in [4.78, 5) is 23.4. The lowest BCUT2D eigenvalue weighted by atomic mass is 9.81. The van der Waals surface area contributed by atoms with Gasteiger partial charge in [0.2, 0.25) is 5.91 Å². The Labute approximate surface area is 130 Å². The van der Waals surface area contributed by atoms with Gasteiger partial charge in [0.1, 0.15) is 0 Å². The molecule has 1 aliphatic carbocycles. The molecule has 0 bridgehead atoms. The third kappa shape index (κ3) is 4.11. The molecule has 0 radical (unpaired) electrons. The summed E-state index contributed by atoms with van der Waals surface area (Å²) in [5, 5.41) is 12.0. The minimum Gasteiger partial charge on any atom is -0.481 e. The normalized spacial score (nSPS) is 22.3. The average Bonchev–Trinajstić information content (AvgIpc) is 2.55. The average molecular weight is 299 g/mol. The van der Waals surface area contributed by atoms with Gasteiger partial charge in [-0.05, 0) is 31.2 Å². The maximum Gasteiger partial charge on any atom is 0.306 e. The van der Waals surface area contributed by atoms with E-state index in [2.05, 4.69) is 11.2 Å². The van der Waals surface area contributed by atoms with Crippen LogP contribution in [0.25, 0.3) is 0 Å². The summed E-state index contributed by atoms with van der Waals surface area (Å²) in [7, 11) is 0. The Hall–Kier alpha value is -2.28. The van der Waals surface area contributed by atoms with Crippen LogP contribution in [0.15, 0.2) is 30.3 Å². The highest BCUT2D eigenvalue weighted by Gasteiger charge is 2.30. The van der Waals surface area contributed by atoms with Crippen molar-refractivity contribution in [2.45, 2.75) is 38.1 Å². The summed E-state index contributed by atoms with van der Waals surface area (Å²) >= 11 is 0. The second kappa shape index (κ2) is 7.65. The highest BCUT2D eigenvalue weighted by molar-refractivity contribution is 5.79. The van der Waals surface area contributed by atoms with Crippen molar-refractivity contribution in [3.8, 4) is 12.3 Å². The highest BCUT2D eigenvalue weighted by atomic mass is 16.4. The van der Waals surface area contributed by atoms with Gasteiger partial charge in [0.05, 0.1) is 12.0 Å². The van der Waals surface area contributed by atoms with E-state index in [1.54, 1.807) is 0 Å². The number of carbonyl (C=O) groups excluding carboxylic acids is 1. The van der Waals surface area contributed by atoms with Gasteiger partial charge in [0, 0.05) is 12.3 Å². The molecule has 116 valence electrons. The summed E-state index contributed by atoms with van der Waals surface area (Å²) in [5.74, 6) is 1.41. The van der Waals surface area contributed by atoms with Crippen molar-refractivity contribution in [3.63, 3.8) is 0 Å². The number of rotatable bonds is 5. The molecule has 0 spiro atoms. The van der Waals surface area contributed by atoms with Crippen molar-refractivity contribution < 1.29 is 14.7 Å². The number of carbonyl (C=O) groups is 2. The van der Waals surface area contributed by atoms with Gasteiger partial charge in [-0.25, -0.2) is 0 Å². The van der Waals surface area contributed by atoms with Crippen LogP contribution < -0.4 is 5.32 Å². The van der Waals surface area contributed by atoms with E-state index in [-0.39, 0.29) is 23.8 Å². The Bertz CT molecular complexity index is 553. The first-order chi connectivity index (χ1) is 10.6. The van der Waals surface area contributed by atoms with Gasteiger partial charge in [-0.3, -0.25) is 9.59 Å². The monoisotopic (exact) mass is 299 g/mol. The molecule has 2 rings (SSSR count). The second-order valence-electron chi connectivity index (χ2n) is 5.77. The zero-order chi connectivity index (χ0) is 15.9. The predicted molar refractivity (Wildman–Crippen MR) is 83.9 cm³/mol. The summed E-state index contributed by atoms with van der Waals surface area (Å²) in [6.45, 7) is 0. The molecular formula is C18H21NO3. The lowest BCUT2D eigenvalue weighted by Crippen LogP contribution is -2.36. The van der Waals surface area contributed by atoms with Gasteiger partial charge in [-0.1, -0.05) is 30.3 Å². The number of aliphatic carboxylic acids is 1. The largest absolute Gasteiger partial charge is 0.481 e. The van der Waals surface area contributed by atoms with E-state index in [0.29, 0.717) is 32.1 Å². The molecule has 0 heterocycles. The molecule has 4 nitrogen and oxygen atoms in total. The SMILES string of the molecule is C#CCC(NC(=O)C1CCC(C(=O)O)CC1)c1ccccc1. The Morgan fingerprint density at radius 3 is 2.32 bits per heavy atom. The quantitative estimate of drug-likeness (QED) is 0.822. The molecule has 2 N–H and O–H groups in total. The van der Waals surface area contributed by atoms with Crippen LogP contribution in [0.1, 0.15) is 43.7 Å². The van der Waals surface area contributed by atoms with E-state index in [4.69, 9.17) is 11.5 Å². The smallest absolute Gasteiger partial charge is 0.306 e. The molecule has 1 aromatic carbocycles. The maximum absolute atomic E-state index is 12.4. The number of carboxylic acids is 1. The van der Waals surface area contributed by atoms with Crippen molar-refractivity contribution in [2.24, 2.45) is 11.8 Å². The molecular weight excluding hydrogens is 278 g/mol. The molecule has 0 aromatic heterocycles. The molecule has 1 fully saturated rings. The Morgan fingerprint density at radius 1 is 1.18 bits per heavy atom. The molecule has 1 unspecified atom stereocenters. The zero-order valence-corrected chi connectivity index (χ0v) is 12.5. The number of carboxylic acid groups (broad SMARTS) is 1. The molecule has 0 aliphatic heterocycles. The van der Waals surface area contributed by atoms with Crippen LogP contribution in [0, 0.1) is 24.2 Å². The van der Waals surface area contributed by atoms with Crippen LogP contribution in [0.5, 0.6) is 0 Å². The number of amides is 1. The maximum atomic E-state index is 12.4. The van der Waals surface area contributed by atoms with Gasteiger partial charge < -0.3 is 10.4 Å². The van der Waals surface area contributed by atoms with E-state index in [1.165, 1.54) is 0 Å². The van der Waals surface area contributed by atoms with E-state index < -0.39 is 5.97 Å². The molecule has 1 saturated carbocycles. The van der Waals surface area contributed by atoms with Gasteiger partial charge >= 0.3 is 5.97 Å². The van der Waals surface area contributed by atoms with E-state index in [9.17, 15) is 9.59 Å². The molecule has 1 aliphatic rings. The van der Waals surface area contributed by atoms with Gasteiger partial charge in [0.15, 0.2) is 0 Å². The van der Waals surface area contributed by atoms with Gasteiger partial charge in [-0.15, -0.1) is 12.3 Å². The summed E-state index contributed by atoms with van der Waals surface area (Å²) in [5.41, 5.74) is 0.994. The molecule has 1 atom stereocenters. The summed E-state index contributed by atoms with van der Waals surface area (Å²) in [6.07, 6.45) is 8.24. The number of nitrogens with one attached hydrogen (secondary N) is 1. The standard InChI is InChI=1S/C18H21NO3/c1-2-6-16(13-7-4-3-5-8-13)19-17(20)14-9-11-15(12-10-14)18(21)22/h1,3-5,7-8,14-16H,6,9-12H2,(H,19,20)(H,21,22).